The third-order valence-corrected chi connectivity index (χ3v) is 5.25. The molecular formula is C23H38N2. The maximum Gasteiger partial charge on any atom is 0.0329 e. The summed E-state index contributed by atoms with van der Waals surface area (Å²) in [5, 5.41) is 0. The smallest absolute Gasteiger partial charge is 0.0329 e. The van der Waals surface area contributed by atoms with Crippen molar-refractivity contribution in [1.29, 1.82) is 0 Å². The molecule has 25 heavy (non-hydrogen) atoms. The lowest BCUT2D eigenvalue weighted by atomic mass is 9.77. The van der Waals surface area contributed by atoms with Gasteiger partial charge in [-0.15, -0.1) is 0 Å². The molecule has 0 spiro atoms. The first kappa shape index (κ1) is 21.7. The Labute approximate surface area is 155 Å². The first-order valence-corrected chi connectivity index (χ1v) is 9.98. The third-order valence-electron chi connectivity index (χ3n) is 5.25. The average Bonchev–Trinajstić information content (AvgIpc) is 2.67. The highest BCUT2D eigenvalue weighted by Gasteiger charge is 2.23. The molecule has 2 atom stereocenters. The predicted octanol–water partition coefficient (Wildman–Crippen LogP) is 5.90. The van der Waals surface area contributed by atoms with Gasteiger partial charge in [-0.3, -0.25) is 0 Å². The van der Waals surface area contributed by atoms with Gasteiger partial charge in [0, 0.05) is 6.04 Å². The van der Waals surface area contributed by atoms with E-state index in [2.05, 4.69) is 50.3 Å². The Morgan fingerprint density at radius 3 is 2.28 bits per heavy atom. The second kappa shape index (κ2) is 12.9. The Morgan fingerprint density at radius 1 is 1.00 bits per heavy atom. The Morgan fingerprint density at radius 2 is 1.68 bits per heavy atom. The van der Waals surface area contributed by atoms with Crippen LogP contribution in [0.4, 0.5) is 0 Å². The molecule has 1 rings (SSSR count). The molecule has 0 saturated heterocycles. The van der Waals surface area contributed by atoms with Gasteiger partial charge in [-0.05, 0) is 56.0 Å². The largest absolute Gasteiger partial charge is 0.330 e. The van der Waals surface area contributed by atoms with Crippen molar-refractivity contribution >= 4 is 0 Å². The summed E-state index contributed by atoms with van der Waals surface area (Å²) < 4.78 is 0. The minimum atomic E-state index is 0.0984. The molecule has 4 N–H and O–H groups in total. The van der Waals surface area contributed by atoms with Gasteiger partial charge in [-0.25, -0.2) is 0 Å². The van der Waals surface area contributed by atoms with E-state index in [0.29, 0.717) is 5.41 Å². The Balaban J connectivity index is 2.26. The number of nitrogens with two attached hydrogens (primary N) is 2. The first-order chi connectivity index (χ1) is 12.2. The van der Waals surface area contributed by atoms with Crippen molar-refractivity contribution in [2.24, 2.45) is 16.9 Å². The maximum atomic E-state index is 6.20. The summed E-state index contributed by atoms with van der Waals surface area (Å²) in [5.41, 5.74) is 13.8. The van der Waals surface area contributed by atoms with Crippen LogP contribution in [-0.4, -0.2) is 6.54 Å². The lowest BCUT2D eigenvalue weighted by Crippen LogP contribution is -2.29. The van der Waals surface area contributed by atoms with Crippen LogP contribution in [0.5, 0.6) is 0 Å². The van der Waals surface area contributed by atoms with Crippen LogP contribution < -0.4 is 11.5 Å². The number of hydrogen-bond acceptors (Lipinski definition) is 2. The minimum absolute atomic E-state index is 0.0984. The summed E-state index contributed by atoms with van der Waals surface area (Å²) in [4.78, 5) is 0. The van der Waals surface area contributed by atoms with Gasteiger partial charge in [0.05, 0.1) is 0 Å². The molecule has 0 aromatic heterocycles. The van der Waals surface area contributed by atoms with E-state index in [1.165, 1.54) is 31.2 Å². The molecule has 0 aliphatic carbocycles. The van der Waals surface area contributed by atoms with Crippen LogP contribution in [-0.2, 0) is 0 Å². The molecule has 0 saturated carbocycles. The van der Waals surface area contributed by atoms with Gasteiger partial charge in [0.15, 0.2) is 0 Å². The average molecular weight is 343 g/mol. The van der Waals surface area contributed by atoms with Crippen molar-refractivity contribution in [1.82, 2.24) is 0 Å². The Hall–Kier alpha value is -1.38. The molecule has 0 fully saturated rings. The maximum absolute atomic E-state index is 6.20. The SMILES string of the molecule is CCCCC(CC)(CN)CC=CCCC=CCC(N)c1ccccc1. The molecule has 0 aliphatic rings. The Bertz CT molecular complexity index is 486. The van der Waals surface area contributed by atoms with Crippen molar-refractivity contribution in [3.05, 3.63) is 60.2 Å². The molecule has 2 nitrogen and oxygen atoms in total. The zero-order valence-electron chi connectivity index (χ0n) is 16.3. The number of rotatable bonds is 13. The van der Waals surface area contributed by atoms with E-state index in [0.717, 1.165) is 32.2 Å². The van der Waals surface area contributed by atoms with Gasteiger partial charge in [-0.2, -0.15) is 0 Å². The van der Waals surface area contributed by atoms with Crippen LogP contribution in [0.3, 0.4) is 0 Å². The Kier molecular flexibility index (Phi) is 11.2. The highest BCUT2D eigenvalue weighted by atomic mass is 14.6. The topological polar surface area (TPSA) is 52.0 Å². The summed E-state index contributed by atoms with van der Waals surface area (Å²) in [7, 11) is 0. The molecule has 0 radical (unpaired) electrons. The van der Waals surface area contributed by atoms with E-state index in [-0.39, 0.29) is 6.04 Å². The summed E-state index contributed by atoms with van der Waals surface area (Å²) in [6, 6.07) is 10.4. The fourth-order valence-electron chi connectivity index (χ4n) is 3.15. The van der Waals surface area contributed by atoms with E-state index in [1.54, 1.807) is 0 Å². The highest BCUT2D eigenvalue weighted by Crippen LogP contribution is 2.32. The summed E-state index contributed by atoms with van der Waals surface area (Å²) in [5.74, 6) is 0. The van der Waals surface area contributed by atoms with E-state index in [9.17, 15) is 0 Å². The van der Waals surface area contributed by atoms with Crippen LogP contribution in [0, 0.1) is 5.41 Å². The van der Waals surface area contributed by atoms with Gasteiger partial charge in [0.25, 0.3) is 0 Å². The first-order valence-electron chi connectivity index (χ1n) is 9.98. The molecular weight excluding hydrogens is 304 g/mol. The van der Waals surface area contributed by atoms with E-state index < -0.39 is 0 Å². The fourth-order valence-corrected chi connectivity index (χ4v) is 3.15. The number of unbranched alkanes of at least 4 members (excludes halogenated alkanes) is 2. The second-order valence-electron chi connectivity index (χ2n) is 7.14. The molecule has 1 aromatic rings. The normalized spacial score (nSPS) is 15.7. The standard InChI is InChI=1S/C23H38N2/c1-3-5-18-23(4-2,20-24)19-14-9-7-6-8-13-17-22(25)21-15-11-10-12-16-21/h8-16,22H,3-7,17-20,24-25H2,1-2H3. The fraction of sp³-hybridized carbons (Fsp3) is 0.565. The number of benzene rings is 1. The van der Waals surface area contributed by atoms with E-state index >= 15 is 0 Å². The number of hydrogen-bond donors (Lipinski definition) is 2. The van der Waals surface area contributed by atoms with Crippen LogP contribution in [0.2, 0.25) is 0 Å². The van der Waals surface area contributed by atoms with Gasteiger partial charge in [-0.1, -0.05) is 81.3 Å². The molecule has 140 valence electrons. The zero-order chi connectivity index (χ0) is 18.4. The third kappa shape index (κ3) is 8.51. The summed E-state index contributed by atoms with van der Waals surface area (Å²) in [6.45, 7) is 5.32. The van der Waals surface area contributed by atoms with Crippen LogP contribution >= 0.6 is 0 Å². The lowest BCUT2D eigenvalue weighted by Gasteiger charge is -2.30. The molecule has 2 unspecified atom stereocenters. The minimum Gasteiger partial charge on any atom is -0.330 e. The summed E-state index contributed by atoms with van der Waals surface area (Å²) in [6.07, 6.45) is 18.3. The second-order valence-corrected chi connectivity index (χ2v) is 7.14. The number of allylic oxidation sites excluding steroid dienone is 3. The van der Waals surface area contributed by atoms with Gasteiger partial charge >= 0.3 is 0 Å². The van der Waals surface area contributed by atoms with Crippen molar-refractivity contribution in [3.63, 3.8) is 0 Å². The van der Waals surface area contributed by atoms with Gasteiger partial charge < -0.3 is 11.5 Å². The van der Waals surface area contributed by atoms with Crippen molar-refractivity contribution in [2.75, 3.05) is 6.54 Å². The quantitative estimate of drug-likeness (QED) is 0.346. The van der Waals surface area contributed by atoms with Crippen molar-refractivity contribution in [2.45, 2.75) is 71.3 Å². The lowest BCUT2D eigenvalue weighted by molar-refractivity contribution is 0.256. The molecule has 0 heterocycles. The van der Waals surface area contributed by atoms with Gasteiger partial charge in [0.2, 0.25) is 0 Å². The molecule has 0 amide bonds. The van der Waals surface area contributed by atoms with Crippen LogP contribution in [0.1, 0.15) is 76.8 Å². The van der Waals surface area contributed by atoms with Crippen molar-refractivity contribution < 1.29 is 0 Å². The van der Waals surface area contributed by atoms with Gasteiger partial charge in [0.1, 0.15) is 0 Å². The highest BCUT2D eigenvalue weighted by molar-refractivity contribution is 5.19. The predicted molar refractivity (Wildman–Crippen MR) is 111 cm³/mol. The molecule has 1 aromatic carbocycles. The van der Waals surface area contributed by atoms with Crippen LogP contribution in [0.25, 0.3) is 0 Å². The summed E-state index contributed by atoms with van der Waals surface area (Å²) >= 11 is 0. The van der Waals surface area contributed by atoms with Crippen LogP contribution in [0.15, 0.2) is 54.6 Å². The van der Waals surface area contributed by atoms with E-state index in [4.69, 9.17) is 11.5 Å². The van der Waals surface area contributed by atoms with E-state index in [1.807, 2.05) is 18.2 Å². The molecule has 0 bridgehead atoms. The molecule has 2 heteroatoms. The van der Waals surface area contributed by atoms with Crippen molar-refractivity contribution in [3.8, 4) is 0 Å². The zero-order valence-corrected chi connectivity index (χ0v) is 16.3. The monoisotopic (exact) mass is 342 g/mol. The molecule has 0 aliphatic heterocycles.